The second kappa shape index (κ2) is 6.33. The van der Waals surface area contributed by atoms with Gasteiger partial charge in [-0.25, -0.2) is 4.68 Å². The van der Waals surface area contributed by atoms with Crippen molar-refractivity contribution in [3.8, 4) is 16.9 Å². The van der Waals surface area contributed by atoms with Crippen molar-refractivity contribution in [2.24, 2.45) is 5.92 Å². The van der Waals surface area contributed by atoms with E-state index in [1.807, 2.05) is 46.2 Å². The Morgan fingerprint density at radius 2 is 2.04 bits per heavy atom. The van der Waals surface area contributed by atoms with Gasteiger partial charge in [0.15, 0.2) is 0 Å². The maximum atomic E-state index is 12.1. The molecular formula is C20H22N6O. The predicted octanol–water partition coefficient (Wildman–Crippen LogP) is 2.45. The van der Waals surface area contributed by atoms with Crippen LogP contribution in [0.2, 0.25) is 0 Å². The number of hydrogen-bond acceptors (Lipinski definition) is 4. The molecule has 1 atom stereocenters. The van der Waals surface area contributed by atoms with Crippen molar-refractivity contribution in [2.75, 3.05) is 6.54 Å². The second-order valence-electron chi connectivity index (χ2n) is 7.63. The number of hydrogen-bond donors (Lipinski definition) is 0. The van der Waals surface area contributed by atoms with Crippen LogP contribution in [0.3, 0.4) is 0 Å². The third-order valence-corrected chi connectivity index (χ3v) is 5.45. The van der Waals surface area contributed by atoms with E-state index in [1.165, 1.54) is 5.56 Å². The van der Waals surface area contributed by atoms with Gasteiger partial charge in [-0.05, 0) is 31.4 Å². The van der Waals surface area contributed by atoms with Crippen LogP contribution in [0.1, 0.15) is 24.8 Å². The van der Waals surface area contributed by atoms with Gasteiger partial charge in [-0.1, -0.05) is 23.4 Å². The van der Waals surface area contributed by atoms with Crippen LogP contribution in [0.5, 0.6) is 0 Å². The van der Waals surface area contributed by atoms with Crippen LogP contribution in [-0.2, 0) is 11.3 Å². The summed E-state index contributed by atoms with van der Waals surface area (Å²) in [6, 6.07) is 8.65. The molecule has 5 rings (SSSR count). The molecule has 2 aromatic heterocycles. The highest BCUT2D eigenvalue weighted by molar-refractivity contribution is 5.79. The number of nitrogens with zero attached hydrogens (tertiary/aromatic N) is 6. The second-order valence-corrected chi connectivity index (χ2v) is 7.63. The lowest BCUT2D eigenvalue weighted by Gasteiger charge is -2.15. The van der Waals surface area contributed by atoms with Gasteiger partial charge in [0, 0.05) is 43.2 Å². The van der Waals surface area contributed by atoms with E-state index in [1.54, 1.807) is 0 Å². The highest BCUT2D eigenvalue weighted by atomic mass is 16.2. The van der Waals surface area contributed by atoms with Gasteiger partial charge in [-0.15, -0.1) is 5.10 Å². The SMILES string of the molecule is Cc1ccccc1-n1cc(-c2cn(CC3CC(=O)N(C4CC4)C3)nn2)cn1. The third-order valence-electron chi connectivity index (χ3n) is 5.45. The summed E-state index contributed by atoms with van der Waals surface area (Å²) in [5, 5.41) is 13.0. The molecule has 1 aliphatic heterocycles. The van der Waals surface area contributed by atoms with Crippen molar-refractivity contribution in [3.05, 3.63) is 48.4 Å². The molecule has 0 bridgehead atoms. The summed E-state index contributed by atoms with van der Waals surface area (Å²) in [7, 11) is 0. The quantitative estimate of drug-likeness (QED) is 0.699. The zero-order valence-corrected chi connectivity index (χ0v) is 15.3. The topological polar surface area (TPSA) is 68.8 Å². The van der Waals surface area contributed by atoms with Crippen LogP contribution in [0, 0.1) is 12.8 Å². The molecule has 0 N–H and O–H groups in total. The standard InChI is InChI=1S/C20H22N6O/c1-14-4-2-3-5-19(14)26-12-16(9-21-26)18-13-24(23-22-18)10-15-8-20(27)25(11-15)17-6-7-17/h2-5,9,12-13,15,17H,6-8,10-11H2,1H3. The van der Waals surface area contributed by atoms with Gasteiger partial charge in [0.2, 0.25) is 5.91 Å². The summed E-state index contributed by atoms with van der Waals surface area (Å²) in [4.78, 5) is 14.2. The van der Waals surface area contributed by atoms with Gasteiger partial charge in [0.25, 0.3) is 0 Å². The molecule has 1 amide bonds. The Morgan fingerprint density at radius 1 is 1.19 bits per heavy atom. The average molecular weight is 362 g/mol. The Hall–Kier alpha value is -2.96. The molecule has 3 aromatic rings. The minimum atomic E-state index is 0.294. The molecule has 0 radical (unpaired) electrons. The van der Waals surface area contributed by atoms with Crippen LogP contribution >= 0.6 is 0 Å². The molecule has 1 aliphatic carbocycles. The molecule has 1 saturated heterocycles. The lowest BCUT2D eigenvalue weighted by molar-refractivity contribution is -0.128. The average Bonchev–Trinajstić information content (AvgIpc) is 3.05. The molecule has 0 spiro atoms. The number of rotatable bonds is 5. The first kappa shape index (κ1) is 16.2. The summed E-state index contributed by atoms with van der Waals surface area (Å²) in [5.74, 6) is 0.615. The van der Waals surface area contributed by atoms with Crippen LogP contribution in [-0.4, -0.2) is 48.2 Å². The molecular weight excluding hydrogens is 340 g/mol. The van der Waals surface area contributed by atoms with Crippen molar-refractivity contribution in [1.82, 2.24) is 29.7 Å². The number of carbonyl (C=O) groups excluding carboxylic acids is 1. The lowest BCUT2D eigenvalue weighted by Crippen LogP contribution is -2.27. The number of aryl methyl sites for hydroxylation is 1. The number of benzene rings is 1. The van der Waals surface area contributed by atoms with E-state index in [0.29, 0.717) is 24.3 Å². The van der Waals surface area contributed by atoms with E-state index in [-0.39, 0.29) is 0 Å². The van der Waals surface area contributed by atoms with Gasteiger partial charge in [0.05, 0.1) is 18.1 Å². The first-order valence-corrected chi connectivity index (χ1v) is 9.48. The smallest absolute Gasteiger partial charge is 0.223 e. The number of likely N-dealkylation sites (tertiary alicyclic amines) is 1. The first-order chi connectivity index (χ1) is 13.2. The summed E-state index contributed by atoms with van der Waals surface area (Å²) < 4.78 is 3.72. The van der Waals surface area contributed by atoms with E-state index in [2.05, 4.69) is 33.3 Å². The van der Waals surface area contributed by atoms with Crippen LogP contribution in [0.4, 0.5) is 0 Å². The van der Waals surface area contributed by atoms with E-state index in [9.17, 15) is 4.79 Å². The minimum absolute atomic E-state index is 0.294. The molecule has 3 heterocycles. The molecule has 7 nitrogen and oxygen atoms in total. The molecule has 1 aromatic carbocycles. The molecule has 1 unspecified atom stereocenters. The maximum absolute atomic E-state index is 12.1. The Labute approximate surface area is 157 Å². The first-order valence-electron chi connectivity index (χ1n) is 9.48. The molecule has 27 heavy (non-hydrogen) atoms. The van der Waals surface area contributed by atoms with Gasteiger partial charge in [-0.3, -0.25) is 9.48 Å². The summed E-state index contributed by atoms with van der Waals surface area (Å²) in [5.41, 5.74) is 3.97. The molecule has 7 heteroatoms. The van der Waals surface area contributed by atoms with Crippen LogP contribution in [0.25, 0.3) is 16.9 Å². The van der Waals surface area contributed by atoms with E-state index in [4.69, 9.17) is 0 Å². The maximum Gasteiger partial charge on any atom is 0.223 e. The normalized spacial score (nSPS) is 19.8. The molecule has 1 saturated carbocycles. The Kier molecular flexibility index (Phi) is 3.81. The molecule has 2 aliphatic rings. The third kappa shape index (κ3) is 3.13. The molecule has 138 valence electrons. The van der Waals surface area contributed by atoms with Crippen LogP contribution in [0.15, 0.2) is 42.9 Å². The van der Waals surface area contributed by atoms with Crippen LogP contribution < -0.4 is 0 Å². The summed E-state index contributed by atoms with van der Waals surface area (Å²) in [6.45, 7) is 3.65. The summed E-state index contributed by atoms with van der Waals surface area (Å²) >= 11 is 0. The highest BCUT2D eigenvalue weighted by Crippen LogP contribution is 2.33. The Bertz CT molecular complexity index is 986. The predicted molar refractivity (Wildman–Crippen MR) is 100 cm³/mol. The van der Waals surface area contributed by atoms with E-state index < -0.39 is 0 Å². The van der Waals surface area contributed by atoms with Gasteiger partial charge < -0.3 is 4.90 Å². The fourth-order valence-corrected chi connectivity index (χ4v) is 3.86. The minimum Gasteiger partial charge on any atom is -0.339 e. The monoisotopic (exact) mass is 362 g/mol. The van der Waals surface area contributed by atoms with Crippen molar-refractivity contribution in [2.45, 2.75) is 38.8 Å². The van der Waals surface area contributed by atoms with Gasteiger partial charge in [0.1, 0.15) is 5.69 Å². The van der Waals surface area contributed by atoms with E-state index in [0.717, 1.165) is 42.9 Å². The van der Waals surface area contributed by atoms with Crippen molar-refractivity contribution in [1.29, 1.82) is 0 Å². The lowest BCUT2D eigenvalue weighted by atomic mass is 10.1. The van der Waals surface area contributed by atoms with Crippen molar-refractivity contribution < 1.29 is 4.79 Å². The van der Waals surface area contributed by atoms with Gasteiger partial charge in [-0.2, -0.15) is 5.10 Å². The highest BCUT2D eigenvalue weighted by Gasteiger charge is 2.39. The zero-order valence-electron chi connectivity index (χ0n) is 15.3. The number of aromatic nitrogens is 5. The largest absolute Gasteiger partial charge is 0.339 e. The number of amides is 1. The fraction of sp³-hybridized carbons (Fsp3) is 0.400. The Balaban J connectivity index is 1.30. The summed E-state index contributed by atoms with van der Waals surface area (Å²) in [6.07, 6.45) is 8.69. The van der Waals surface area contributed by atoms with Crippen molar-refractivity contribution >= 4 is 5.91 Å². The Morgan fingerprint density at radius 3 is 2.85 bits per heavy atom. The molecule has 2 fully saturated rings. The van der Waals surface area contributed by atoms with Gasteiger partial charge >= 0.3 is 0 Å². The zero-order chi connectivity index (χ0) is 18.4. The number of carbonyl (C=O) groups is 1. The van der Waals surface area contributed by atoms with Crippen molar-refractivity contribution in [3.63, 3.8) is 0 Å². The fourth-order valence-electron chi connectivity index (χ4n) is 3.86. The number of para-hydroxylation sites is 1. The van der Waals surface area contributed by atoms with E-state index >= 15 is 0 Å².